The Balaban J connectivity index is 0.00000225. The third kappa shape index (κ3) is 4.63. The van der Waals surface area contributed by atoms with Crippen LogP contribution >= 0.6 is 24.0 Å². The number of fused-ring (bicyclic) bond motifs is 2. The molecule has 0 saturated carbocycles. The molecule has 4 rings (SSSR count). The molecule has 0 amide bonds. The van der Waals surface area contributed by atoms with Crippen LogP contribution in [0.5, 0.6) is 0 Å². The molecule has 2 heterocycles. The molecule has 1 unspecified atom stereocenters. The van der Waals surface area contributed by atoms with E-state index in [1.165, 1.54) is 16.3 Å². The van der Waals surface area contributed by atoms with Crippen molar-refractivity contribution in [1.82, 2.24) is 25.4 Å². The van der Waals surface area contributed by atoms with E-state index in [0.29, 0.717) is 12.6 Å². The highest BCUT2D eigenvalue weighted by Gasteiger charge is 2.21. The van der Waals surface area contributed by atoms with Crippen molar-refractivity contribution in [3.05, 3.63) is 59.7 Å². The molecule has 28 heavy (non-hydrogen) atoms. The molecule has 1 aliphatic heterocycles. The van der Waals surface area contributed by atoms with Crippen LogP contribution in [0.1, 0.15) is 30.6 Å². The summed E-state index contributed by atoms with van der Waals surface area (Å²) in [6, 6.07) is 15.2. The Morgan fingerprint density at radius 3 is 2.89 bits per heavy atom. The van der Waals surface area contributed by atoms with Crippen molar-refractivity contribution in [3.8, 4) is 0 Å². The number of aryl methyl sites for hydroxylation is 2. The number of guanidine groups is 1. The van der Waals surface area contributed by atoms with Gasteiger partial charge in [-0.25, -0.2) is 14.7 Å². The highest BCUT2D eigenvalue weighted by Crippen LogP contribution is 2.19. The quantitative estimate of drug-likeness (QED) is 0.334. The maximum absolute atomic E-state index is 4.84. The van der Waals surface area contributed by atoms with Crippen molar-refractivity contribution < 1.29 is 0 Å². The average molecular weight is 490 g/mol. The summed E-state index contributed by atoms with van der Waals surface area (Å²) in [5.74, 6) is 2.79. The van der Waals surface area contributed by atoms with Crippen LogP contribution in [0.25, 0.3) is 10.8 Å². The molecule has 0 radical (unpaired) electrons. The van der Waals surface area contributed by atoms with Gasteiger partial charge >= 0.3 is 0 Å². The Morgan fingerprint density at radius 2 is 2.04 bits per heavy atom. The van der Waals surface area contributed by atoms with Crippen molar-refractivity contribution in [2.45, 2.75) is 45.8 Å². The second-order valence-electron chi connectivity index (χ2n) is 6.97. The number of aromatic nitrogens is 3. The van der Waals surface area contributed by atoms with Crippen LogP contribution in [0.15, 0.2) is 47.5 Å². The van der Waals surface area contributed by atoms with Crippen LogP contribution in [0, 0.1) is 6.92 Å². The predicted molar refractivity (Wildman–Crippen MR) is 124 cm³/mol. The number of aliphatic imine (C=N–C) groups is 1. The first kappa shape index (κ1) is 20.6. The molecule has 2 aromatic carbocycles. The zero-order valence-corrected chi connectivity index (χ0v) is 18.7. The van der Waals surface area contributed by atoms with Crippen LogP contribution in [-0.4, -0.2) is 33.3 Å². The molecule has 1 atom stereocenters. The fourth-order valence-corrected chi connectivity index (χ4v) is 3.66. The van der Waals surface area contributed by atoms with Crippen LogP contribution in [0.2, 0.25) is 0 Å². The summed E-state index contributed by atoms with van der Waals surface area (Å²) in [7, 11) is 0. The van der Waals surface area contributed by atoms with Gasteiger partial charge < -0.3 is 10.6 Å². The number of halogens is 1. The molecule has 1 aliphatic rings. The van der Waals surface area contributed by atoms with Gasteiger partial charge in [0.2, 0.25) is 0 Å². The summed E-state index contributed by atoms with van der Waals surface area (Å²) in [5, 5.41) is 14.0. The maximum atomic E-state index is 4.84. The summed E-state index contributed by atoms with van der Waals surface area (Å²) >= 11 is 0. The summed E-state index contributed by atoms with van der Waals surface area (Å²) in [5.41, 5.74) is 1.24. The lowest BCUT2D eigenvalue weighted by atomic mass is 10.0. The fraction of sp³-hybridized carbons (Fsp3) is 0.381. The lowest BCUT2D eigenvalue weighted by molar-refractivity contribution is 0.392. The third-order valence-corrected chi connectivity index (χ3v) is 4.94. The summed E-state index contributed by atoms with van der Waals surface area (Å²) in [6.07, 6.45) is 1.98. The molecule has 7 heteroatoms. The van der Waals surface area contributed by atoms with E-state index in [2.05, 4.69) is 70.1 Å². The predicted octanol–water partition coefficient (Wildman–Crippen LogP) is 3.43. The number of rotatable bonds is 4. The van der Waals surface area contributed by atoms with Gasteiger partial charge in [0.25, 0.3) is 0 Å². The van der Waals surface area contributed by atoms with Gasteiger partial charge in [-0.05, 0) is 36.6 Å². The third-order valence-electron chi connectivity index (χ3n) is 4.94. The smallest absolute Gasteiger partial charge is 0.191 e. The minimum absolute atomic E-state index is 0. The zero-order valence-electron chi connectivity index (χ0n) is 16.4. The summed E-state index contributed by atoms with van der Waals surface area (Å²) < 4.78 is 2.02. The minimum atomic E-state index is 0. The van der Waals surface area contributed by atoms with Crippen molar-refractivity contribution in [1.29, 1.82) is 0 Å². The topological polar surface area (TPSA) is 67.1 Å². The van der Waals surface area contributed by atoms with Gasteiger partial charge in [0.1, 0.15) is 11.6 Å². The summed E-state index contributed by atoms with van der Waals surface area (Å²) in [4.78, 5) is 9.32. The molecule has 2 N–H and O–H groups in total. The highest BCUT2D eigenvalue weighted by atomic mass is 127. The Morgan fingerprint density at radius 1 is 1.21 bits per heavy atom. The van der Waals surface area contributed by atoms with E-state index in [1.807, 2.05) is 11.6 Å². The number of nitrogens with one attached hydrogen (secondary N) is 2. The van der Waals surface area contributed by atoms with Crippen LogP contribution < -0.4 is 10.6 Å². The molecule has 1 aromatic heterocycles. The largest absolute Gasteiger partial charge is 0.357 e. The number of benzene rings is 2. The van der Waals surface area contributed by atoms with Crippen LogP contribution in [-0.2, 0) is 19.5 Å². The molecule has 0 fully saturated rings. The van der Waals surface area contributed by atoms with E-state index in [0.717, 1.165) is 43.5 Å². The molecule has 0 bridgehead atoms. The highest BCUT2D eigenvalue weighted by molar-refractivity contribution is 14.0. The van der Waals surface area contributed by atoms with Gasteiger partial charge in [-0.3, -0.25) is 0 Å². The van der Waals surface area contributed by atoms with E-state index in [-0.39, 0.29) is 24.0 Å². The van der Waals surface area contributed by atoms with Crippen molar-refractivity contribution in [2.75, 3.05) is 6.54 Å². The molecule has 0 saturated heterocycles. The zero-order chi connectivity index (χ0) is 18.6. The second kappa shape index (κ2) is 9.36. The van der Waals surface area contributed by atoms with Gasteiger partial charge in [-0.1, -0.05) is 42.5 Å². The van der Waals surface area contributed by atoms with Gasteiger partial charge in [-0.2, -0.15) is 5.10 Å². The summed E-state index contributed by atoms with van der Waals surface area (Å²) in [6.45, 7) is 6.35. The Labute approximate surface area is 182 Å². The van der Waals surface area contributed by atoms with E-state index in [4.69, 9.17) is 4.99 Å². The Hall–Kier alpha value is -2.16. The molecule has 3 aromatic rings. The molecular weight excluding hydrogens is 463 g/mol. The van der Waals surface area contributed by atoms with E-state index < -0.39 is 0 Å². The van der Waals surface area contributed by atoms with Gasteiger partial charge in [0, 0.05) is 19.0 Å². The molecule has 148 valence electrons. The maximum Gasteiger partial charge on any atom is 0.191 e. The fourth-order valence-electron chi connectivity index (χ4n) is 3.66. The molecule has 0 aliphatic carbocycles. The standard InChI is InChI=1S/C21H26N6.HI/c1-3-22-21(25-18-11-12-20-24-15(2)26-27(20)14-18)23-13-17-9-6-8-16-7-4-5-10-19(16)17;/h4-10,18H,3,11-14H2,1-2H3,(H2,22,23,25);1H. The van der Waals surface area contributed by atoms with E-state index in [9.17, 15) is 0 Å². The lowest BCUT2D eigenvalue weighted by Crippen LogP contribution is -2.47. The number of hydrogen-bond acceptors (Lipinski definition) is 3. The number of nitrogens with zero attached hydrogens (tertiary/aromatic N) is 4. The first-order chi connectivity index (χ1) is 13.2. The lowest BCUT2D eigenvalue weighted by Gasteiger charge is -2.25. The van der Waals surface area contributed by atoms with Crippen LogP contribution in [0.3, 0.4) is 0 Å². The minimum Gasteiger partial charge on any atom is -0.357 e. The van der Waals surface area contributed by atoms with Crippen LogP contribution in [0.4, 0.5) is 0 Å². The number of hydrogen-bond donors (Lipinski definition) is 2. The van der Waals surface area contributed by atoms with Crippen molar-refractivity contribution in [2.24, 2.45) is 4.99 Å². The van der Waals surface area contributed by atoms with Crippen molar-refractivity contribution in [3.63, 3.8) is 0 Å². The van der Waals surface area contributed by atoms with Crippen molar-refractivity contribution >= 4 is 40.7 Å². The Kier molecular flexibility index (Phi) is 6.88. The first-order valence-electron chi connectivity index (χ1n) is 9.64. The normalized spacial score (nSPS) is 16.4. The SMILES string of the molecule is CCNC(=NCc1cccc2ccccc12)NC1CCc2nc(C)nn2C1.I. The first-order valence-corrected chi connectivity index (χ1v) is 9.64. The molecule has 6 nitrogen and oxygen atoms in total. The second-order valence-corrected chi connectivity index (χ2v) is 6.97. The van der Waals surface area contributed by atoms with E-state index in [1.54, 1.807) is 0 Å². The van der Waals surface area contributed by atoms with E-state index >= 15 is 0 Å². The van der Waals surface area contributed by atoms with Gasteiger partial charge in [-0.15, -0.1) is 24.0 Å². The molecule has 0 spiro atoms. The Bertz CT molecular complexity index is 959. The monoisotopic (exact) mass is 490 g/mol. The average Bonchev–Trinajstić information content (AvgIpc) is 3.05. The molecular formula is C21H27IN6. The van der Waals surface area contributed by atoms with Gasteiger partial charge in [0.15, 0.2) is 5.96 Å². The van der Waals surface area contributed by atoms with Gasteiger partial charge in [0.05, 0.1) is 13.1 Å².